The maximum absolute atomic E-state index is 12.0. The molecule has 0 atom stereocenters. The number of aryl methyl sites for hydroxylation is 1. The monoisotopic (exact) mass is 391 g/mol. The molecule has 0 radical (unpaired) electrons. The Labute approximate surface area is 149 Å². The first-order chi connectivity index (χ1) is 11.5. The number of esters is 1. The average Bonchev–Trinajstić information content (AvgIpc) is 2.60. The fraction of sp³-hybridized carbons (Fsp3) is 0.222. The van der Waals surface area contributed by atoms with Crippen molar-refractivity contribution in [3.05, 3.63) is 58.1 Å². The normalized spacial score (nSPS) is 10.1. The Bertz CT molecular complexity index is 746. The molecule has 0 aliphatic carbocycles. The maximum atomic E-state index is 12.0. The SMILES string of the molecule is CCc1cc(Br)ccc1OCC(=O)Nc1cccc(C(=O)OC)c1. The number of carbonyl (C=O) groups is 2. The lowest BCUT2D eigenvalue weighted by Gasteiger charge is -2.11. The highest BCUT2D eigenvalue weighted by atomic mass is 79.9. The average molecular weight is 392 g/mol. The van der Waals surface area contributed by atoms with Gasteiger partial charge in [-0.1, -0.05) is 28.9 Å². The number of nitrogens with one attached hydrogen (secondary N) is 1. The van der Waals surface area contributed by atoms with Gasteiger partial charge in [0.1, 0.15) is 5.75 Å². The van der Waals surface area contributed by atoms with E-state index in [-0.39, 0.29) is 12.5 Å². The predicted octanol–water partition coefficient (Wildman–Crippen LogP) is 3.82. The van der Waals surface area contributed by atoms with Crippen LogP contribution in [0.25, 0.3) is 0 Å². The summed E-state index contributed by atoms with van der Waals surface area (Å²) < 4.78 is 11.2. The van der Waals surface area contributed by atoms with E-state index in [1.54, 1.807) is 24.3 Å². The number of anilines is 1. The molecular formula is C18H18BrNO4. The molecule has 24 heavy (non-hydrogen) atoms. The van der Waals surface area contributed by atoms with Gasteiger partial charge >= 0.3 is 5.97 Å². The van der Waals surface area contributed by atoms with Gasteiger partial charge < -0.3 is 14.8 Å². The summed E-state index contributed by atoms with van der Waals surface area (Å²) in [5.41, 5.74) is 1.90. The molecule has 0 aliphatic rings. The lowest BCUT2D eigenvalue weighted by molar-refractivity contribution is -0.118. The van der Waals surface area contributed by atoms with Gasteiger partial charge in [0.15, 0.2) is 6.61 Å². The lowest BCUT2D eigenvalue weighted by Crippen LogP contribution is -2.20. The fourth-order valence-electron chi connectivity index (χ4n) is 2.15. The molecule has 0 aromatic heterocycles. The van der Waals surface area contributed by atoms with Crippen molar-refractivity contribution in [3.8, 4) is 5.75 Å². The minimum atomic E-state index is -0.454. The summed E-state index contributed by atoms with van der Waals surface area (Å²) in [5.74, 6) is -0.0778. The fourth-order valence-corrected chi connectivity index (χ4v) is 2.56. The Kier molecular flexibility index (Phi) is 6.37. The molecule has 0 fully saturated rings. The molecule has 0 heterocycles. The molecule has 0 spiro atoms. The van der Waals surface area contributed by atoms with Gasteiger partial charge in [0, 0.05) is 10.2 Å². The Balaban J connectivity index is 1.98. The molecule has 0 bridgehead atoms. The number of carbonyl (C=O) groups excluding carboxylic acids is 2. The number of hydrogen-bond donors (Lipinski definition) is 1. The van der Waals surface area contributed by atoms with Gasteiger partial charge in [-0.3, -0.25) is 4.79 Å². The molecule has 1 amide bonds. The van der Waals surface area contributed by atoms with Crippen molar-refractivity contribution in [2.45, 2.75) is 13.3 Å². The first-order valence-electron chi connectivity index (χ1n) is 7.43. The highest BCUT2D eigenvalue weighted by Gasteiger charge is 2.09. The Hall–Kier alpha value is -2.34. The quantitative estimate of drug-likeness (QED) is 0.760. The number of methoxy groups -OCH3 is 1. The number of ether oxygens (including phenoxy) is 2. The van der Waals surface area contributed by atoms with Crippen molar-refractivity contribution in [2.24, 2.45) is 0 Å². The van der Waals surface area contributed by atoms with Crippen LogP contribution in [-0.4, -0.2) is 25.6 Å². The summed E-state index contributed by atoms with van der Waals surface area (Å²) in [6, 6.07) is 12.2. The molecule has 2 aromatic carbocycles. The number of benzene rings is 2. The van der Waals surface area contributed by atoms with E-state index in [4.69, 9.17) is 4.74 Å². The highest BCUT2D eigenvalue weighted by Crippen LogP contribution is 2.23. The standard InChI is InChI=1S/C18H18BrNO4/c1-3-12-9-14(19)7-8-16(12)24-11-17(21)20-15-6-4-5-13(10-15)18(22)23-2/h4-10H,3,11H2,1-2H3,(H,20,21). The molecule has 2 rings (SSSR count). The smallest absolute Gasteiger partial charge is 0.337 e. The first kappa shape index (κ1) is 18.0. The van der Waals surface area contributed by atoms with E-state index in [9.17, 15) is 9.59 Å². The van der Waals surface area contributed by atoms with Crippen LogP contribution in [-0.2, 0) is 16.0 Å². The zero-order chi connectivity index (χ0) is 17.5. The second-order valence-electron chi connectivity index (χ2n) is 5.01. The molecule has 6 heteroatoms. The van der Waals surface area contributed by atoms with Crippen molar-refractivity contribution in [1.82, 2.24) is 0 Å². The van der Waals surface area contributed by atoms with Gasteiger partial charge in [0.25, 0.3) is 5.91 Å². The summed E-state index contributed by atoms with van der Waals surface area (Å²) in [5, 5.41) is 2.70. The molecule has 1 N–H and O–H groups in total. The minimum absolute atomic E-state index is 0.114. The van der Waals surface area contributed by atoms with Gasteiger partial charge in [0.05, 0.1) is 12.7 Å². The molecule has 126 valence electrons. The summed E-state index contributed by atoms with van der Waals surface area (Å²) in [7, 11) is 1.31. The molecule has 5 nitrogen and oxygen atoms in total. The molecule has 0 saturated carbocycles. The third kappa shape index (κ3) is 4.83. The summed E-state index contributed by atoms with van der Waals surface area (Å²) in [6.45, 7) is 1.91. The van der Waals surface area contributed by atoms with E-state index in [0.717, 1.165) is 16.5 Å². The third-order valence-corrected chi connectivity index (χ3v) is 3.82. The number of rotatable bonds is 6. The zero-order valence-corrected chi connectivity index (χ0v) is 15.1. The Morgan fingerprint density at radius 2 is 1.96 bits per heavy atom. The molecule has 0 saturated heterocycles. The van der Waals surface area contributed by atoms with Crippen LogP contribution in [0.15, 0.2) is 46.9 Å². The second kappa shape index (κ2) is 8.49. The number of halogens is 1. The van der Waals surface area contributed by atoms with Gasteiger partial charge in [-0.15, -0.1) is 0 Å². The van der Waals surface area contributed by atoms with Crippen LogP contribution < -0.4 is 10.1 Å². The van der Waals surface area contributed by atoms with Crippen LogP contribution in [0.3, 0.4) is 0 Å². The largest absolute Gasteiger partial charge is 0.483 e. The van der Waals surface area contributed by atoms with E-state index in [1.165, 1.54) is 7.11 Å². The summed E-state index contributed by atoms with van der Waals surface area (Å²) >= 11 is 3.41. The topological polar surface area (TPSA) is 64.6 Å². The van der Waals surface area contributed by atoms with E-state index in [2.05, 4.69) is 26.0 Å². The first-order valence-corrected chi connectivity index (χ1v) is 8.22. The molecular weight excluding hydrogens is 374 g/mol. The summed E-state index contributed by atoms with van der Waals surface area (Å²) in [4.78, 5) is 23.5. The Morgan fingerprint density at radius 3 is 2.67 bits per heavy atom. The third-order valence-electron chi connectivity index (χ3n) is 3.33. The number of hydrogen-bond acceptors (Lipinski definition) is 4. The van der Waals surface area contributed by atoms with Crippen molar-refractivity contribution < 1.29 is 19.1 Å². The predicted molar refractivity (Wildman–Crippen MR) is 95.4 cm³/mol. The van der Waals surface area contributed by atoms with Crippen LogP contribution in [0.1, 0.15) is 22.8 Å². The molecule has 0 aliphatic heterocycles. The van der Waals surface area contributed by atoms with E-state index in [0.29, 0.717) is 17.0 Å². The van der Waals surface area contributed by atoms with Gasteiger partial charge in [-0.25, -0.2) is 4.79 Å². The highest BCUT2D eigenvalue weighted by molar-refractivity contribution is 9.10. The van der Waals surface area contributed by atoms with Crippen LogP contribution >= 0.6 is 15.9 Å². The minimum Gasteiger partial charge on any atom is -0.483 e. The number of amides is 1. The zero-order valence-electron chi connectivity index (χ0n) is 13.5. The van der Waals surface area contributed by atoms with Crippen molar-refractivity contribution in [2.75, 3.05) is 19.0 Å². The van der Waals surface area contributed by atoms with Gasteiger partial charge in [0.2, 0.25) is 0 Å². The molecule has 2 aromatic rings. The second-order valence-corrected chi connectivity index (χ2v) is 5.93. The van der Waals surface area contributed by atoms with E-state index < -0.39 is 5.97 Å². The Morgan fingerprint density at radius 1 is 1.17 bits per heavy atom. The molecule has 0 unspecified atom stereocenters. The van der Waals surface area contributed by atoms with Gasteiger partial charge in [-0.05, 0) is 48.4 Å². The van der Waals surface area contributed by atoms with Crippen LogP contribution in [0, 0.1) is 0 Å². The van der Waals surface area contributed by atoms with Crippen LogP contribution in [0.4, 0.5) is 5.69 Å². The van der Waals surface area contributed by atoms with Gasteiger partial charge in [-0.2, -0.15) is 0 Å². The van der Waals surface area contributed by atoms with E-state index >= 15 is 0 Å². The maximum Gasteiger partial charge on any atom is 0.337 e. The van der Waals surface area contributed by atoms with Crippen molar-refractivity contribution >= 4 is 33.5 Å². The lowest BCUT2D eigenvalue weighted by atomic mass is 10.1. The summed E-state index contributed by atoms with van der Waals surface area (Å²) in [6.07, 6.45) is 0.803. The van der Waals surface area contributed by atoms with Crippen molar-refractivity contribution in [3.63, 3.8) is 0 Å². The van der Waals surface area contributed by atoms with E-state index in [1.807, 2.05) is 25.1 Å². The van der Waals surface area contributed by atoms with Crippen LogP contribution in [0.5, 0.6) is 5.75 Å². The van der Waals surface area contributed by atoms with Crippen molar-refractivity contribution in [1.29, 1.82) is 0 Å². The van der Waals surface area contributed by atoms with Crippen LogP contribution in [0.2, 0.25) is 0 Å².